The van der Waals surface area contributed by atoms with Crippen molar-refractivity contribution in [1.29, 1.82) is 0 Å². The third-order valence-corrected chi connectivity index (χ3v) is 3.76. The molecular weight excluding hydrogens is 208 g/mol. The van der Waals surface area contributed by atoms with Gasteiger partial charge in [-0.25, -0.2) is 0 Å². The normalized spacial score (nSPS) is 19.6. The zero-order valence-electron chi connectivity index (χ0n) is 12.1. The van der Waals surface area contributed by atoms with E-state index in [1.807, 2.05) is 0 Å². The second-order valence-corrected chi connectivity index (χ2v) is 6.09. The van der Waals surface area contributed by atoms with Crippen LogP contribution >= 0.6 is 0 Å². The molecule has 0 aliphatic heterocycles. The molecule has 0 aromatic carbocycles. The van der Waals surface area contributed by atoms with Crippen LogP contribution in [0.25, 0.3) is 0 Å². The molecule has 1 aliphatic rings. The predicted octanol–water partition coefficient (Wildman–Crippen LogP) is 3.40. The Morgan fingerprint density at radius 2 is 1.88 bits per heavy atom. The summed E-state index contributed by atoms with van der Waals surface area (Å²) < 4.78 is 0. The highest BCUT2D eigenvalue weighted by Gasteiger charge is 2.28. The molecule has 2 unspecified atom stereocenters. The maximum absolute atomic E-state index is 5.79. The van der Waals surface area contributed by atoms with Crippen LogP contribution in [0.4, 0.5) is 0 Å². The molecule has 0 radical (unpaired) electrons. The molecule has 0 amide bonds. The highest BCUT2D eigenvalue weighted by Crippen LogP contribution is 2.28. The Labute approximate surface area is 108 Å². The lowest BCUT2D eigenvalue weighted by Crippen LogP contribution is -2.31. The third kappa shape index (κ3) is 7.05. The van der Waals surface area contributed by atoms with E-state index in [-0.39, 0.29) is 0 Å². The molecule has 0 aromatic heterocycles. The molecule has 102 valence electrons. The highest BCUT2D eigenvalue weighted by molar-refractivity contribution is 4.85. The van der Waals surface area contributed by atoms with E-state index in [9.17, 15) is 0 Å². The average molecular weight is 240 g/mol. The summed E-state index contributed by atoms with van der Waals surface area (Å²) in [5.74, 6) is 0.839. The van der Waals surface area contributed by atoms with Gasteiger partial charge in [0.05, 0.1) is 0 Å². The van der Waals surface area contributed by atoms with Gasteiger partial charge in [0.25, 0.3) is 0 Å². The summed E-state index contributed by atoms with van der Waals surface area (Å²) >= 11 is 0. The van der Waals surface area contributed by atoms with E-state index < -0.39 is 0 Å². The van der Waals surface area contributed by atoms with Gasteiger partial charge in [0.1, 0.15) is 0 Å². The largest absolute Gasteiger partial charge is 0.328 e. The van der Waals surface area contributed by atoms with Crippen LogP contribution in [0.15, 0.2) is 0 Å². The summed E-state index contributed by atoms with van der Waals surface area (Å²) in [6.45, 7) is 9.44. The molecule has 0 bridgehead atoms. The van der Waals surface area contributed by atoms with Crippen LogP contribution in [0.1, 0.15) is 65.7 Å². The van der Waals surface area contributed by atoms with Gasteiger partial charge in [0.2, 0.25) is 0 Å². The van der Waals surface area contributed by atoms with Crippen LogP contribution in [0.5, 0.6) is 0 Å². The quantitative estimate of drug-likeness (QED) is 0.634. The van der Waals surface area contributed by atoms with Crippen molar-refractivity contribution >= 4 is 0 Å². The Hall–Kier alpha value is -0.0800. The number of nitrogens with zero attached hydrogens (tertiary/aromatic N) is 1. The molecule has 0 heterocycles. The van der Waals surface area contributed by atoms with Crippen LogP contribution in [0.3, 0.4) is 0 Å². The molecule has 2 heteroatoms. The van der Waals surface area contributed by atoms with Crippen LogP contribution in [0, 0.1) is 5.92 Å². The van der Waals surface area contributed by atoms with E-state index >= 15 is 0 Å². The van der Waals surface area contributed by atoms with E-state index in [1.54, 1.807) is 0 Å². The van der Waals surface area contributed by atoms with E-state index in [0.29, 0.717) is 6.04 Å². The van der Waals surface area contributed by atoms with Gasteiger partial charge in [-0.05, 0) is 51.5 Å². The summed E-state index contributed by atoms with van der Waals surface area (Å²) in [5, 5.41) is 0. The van der Waals surface area contributed by atoms with Crippen molar-refractivity contribution in [3.8, 4) is 0 Å². The standard InChI is InChI=1S/C15H32N2/c1-4-5-11-17(15-9-10-15)12-13(2)7-6-8-14(3)16/h13-15H,4-12,16H2,1-3H3. The highest BCUT2D eigenvalue weighted by atomic mass is 15.2. The summed E-state index contributed by atoms with van der Waals surface area (Å²) in [5.41, 5.74) is 5.79. The molecule has 17 heavy (non-hydrogen) atoms. The molecule has 1 fully saturated rings. The second-order valence-electron chi connectivity index (χ2n) is 6.09. The Balaban J connectivity index is 2.14. The van der Waals surface area contributed by atoms with E-state index in [0.717, 1.165) is 12.0 Å². The fourth-order valence-corrected chi connectivity index (χ4v) is 2.50. The SMILES string of the molecule is CCCCN(CC(C)CCCC(C)N)C1CC1. The zero-order valence-corrected chi connectivity index (χ0v) is 12.1. The fourth-order valence-electron chi connectivity index (χ4n) is 2.50. The number of rotatable bonds is 10. The van der Waals surface area contributed by atoms with Gasteiger partial charge in [-0.1, -0.05) is 26.7 Å². The second kappa shape index (κ2) is 8.10. The van der Waals surface area contributed by atoms with Crippen LogP contribution in [-0.4, -0.2) is 30.1 Å². The minimum atomic E-state index is 0.377. The Bertz CT molecular complexity index is 187. The van der Waals surface area contributed by atoms with Gasteiger partial charge in [0.15, 0.2) is 0 Å². The Morgan fingerprint density at radius 3 is 2.41 bits per heavy atom. The lowest BCUT2D eigenvalue weighted by molar-refractivity contribution is 0.217. The van der Waals surface area contributed by atoms with Crippen LogP contribution < -0.4 is 5.73 Å². The third-order valence-electron chi connectivity index (χ3n) is 3.76. The molecule has 1 aliphatic carbocycles. The van der Waals surface area contributed by atoms with Crippen molar-refractivity contribution < 1.29 is 0 Å². The average Bonchev–Trinajstić information content (AvgIpc) is 3.07. The Kier molecular flexibility index (Phi) is 7.14. The maximum Gasteiger partial charge on any atom is 0.00965 e. The van der Waals surface area contributed by atoms with Crippen molar-refractivity contribution in [1.82, 2.24) is 4.90 Å². The molecule has 1 saturated carbocycles. The number of unbranched alkanes of at least 4 members (excludes halogenated alkanes) is 1. The molecule has 0 aromatic rings. The summed E-state index contributed by atoms with van der Waals surface area (Å²) in [7, 11) is 0. The van der Waals surface area contributed by atoms with Crippen LogP contribution in [-0.2, 0) is 0 Å². The van der Waals surface area contributed by atoms with Gasteiger partial charge in [-0.2, -0.15) is 0 Å². The topological polar surface area (TPSA) is 29.3 Å². The monoisotopic (exact) mass is 240 g/mol. The lowest BCUT2D eigenvalue weighted by Gasteiger charge is -2.25. The van der Waals surface area contributed by atoms with Gasteiger partial charge in [0, 0.05) is 18.6 Å². The van der Waals surface area contributed by atoms with E-state index in [1.165, 1.54) is 58.0 Å². The van der Waals surface area contributed by atoms with Gasteiger partial charge in [-0.15, -0.1) is 0 Å². The van der Waals surface area contributed by atoms with Crippen molar-refractivity contribution in [3.63, 3.8) is 0 Å². The van der Waals surface area contributed by atoms with E-state index in [2.05, 4.69) is 25.7 Å². The Morgan fingerprint density at radius 1 is 1.18 bits per heavy atom. The van der Waals surface area contributed by atoms with Crippen molar-refractivity contribution in [2.75, 3.05) is 13.1 Å². The summed E-state index contributed by atoms with van der Waals surface area (Å²) in [4.78, 5) is 2.74. The van der Waals surface area contributed by atoms with Crippen LogP contribution in [0.2, 0.25) is 0 Å². The lowest BCUT2D eigenvalue weighted by atomic mass is 10.0. The first-order chi connectivity index (χ1) is 8.13. The zero-order chi connectivity index (χ0) is 12.7. The molecule has 0 saturated heterocycles. The molecule has 2 atom stereocenters. The predicted molar refractivity (Wildman–Crippen MR) is 76.2 cm³/mol. The van der Waals surface area contributed by atoms with Crippen molar-refractivity contribution in [3.05, 3.63) is 0 Å². The first-order valence-corrected chi connectivity index (χ1v) is 7.63. The number of hydrogen-bond donors (Lipinski definition) is 1. The first-order valence-electron chi connectivity index (χ1n) is 7.63. The summed E-state index contributed by atoms with van der Waals surface area (Å²) in [6.07, 6.45) is 9.39. The maximum atomic E-state index is 5.79. The summed E-state index contributed by atoms with van der Waals surface area (Å²) in [6, 6.07) is 1.30. The first kappa shape index (κ1) is 15.0. The van der Waals surface area contributed by atoms with Crippen molar-refractivity contribution in [2.24, 2.45) is 11.7 Å². The van der Waals surface area contributed by atoms with Gasteiger partial charge < -0.3 is 10.6 Å². The minimum Gasteiger partial charge on any atom is -0.328 e. The number of nitrogens with two attached hydrogens (primary N) is 1. The van der Waals surface area contributed by atoms with Crippen molar-refractivity contribution in [2.45, 2.75) is 77.8 Å². The molecule has 2 N–H and O–H groups in total. The van der Waals surface area contributed by atoms with Gasteiger partial charge >= 0.3 is 0 Å². The molecule has 2 nitrogen and oxygen atoms in total. The molecular formula is C15H32N2. The van der Waals surface area contributed by atoms with E-state index in [4.69, 9.17) is 5.73 Å². The fraction of sp³-hybridized carbons (Fsp3) is 1.00. The van der Waals surface area contributed by atoms with Gasteiger partial charge in [-0.3, -0.25) is 0 Å². The molecule has 0 spiro atoms. The minimum absolute atomic E-state index is 0.377. The smallest absolute Gasteiger partial charge is 0.00965 e. The molecule has 1 rings (SSSR count). The number of hydrogen-bond acceptors (Lipinski definition) is 2.